The average Bonchev–Trinajstić information content (AvgIpc) is 2.51. The normalized spacial score (nSPS) is 11.1. The molecule has 0 radical (unpaired) electrons. The van der Waals surface area contributed by atoms with Gasteiger partial charge in [-0.1, -0.05) is 20.8 Å². The van der Waals surface area contributed by atoms with Crippen molar-refractivity contribution in [3.05, 3.63) is 6.07 Å². The predicted molar refractivity (Wildman–Crippen MR) is 62.7 cm³/mol. The van der Waals surface area contributed by atoms with Gasteiger partial charge in [0.05, 0.1) is 6.04 Å². The van der Waals surface area contributed by atoms with Crippen LogP contribution in [0.2, 0.25) is 0 Å². The van der Waals surface area contributed by atoms with Crippen molar-refractivity contribution in [2.75, 3.05) is 11.5 Å². The highest BCUT2D eigenvalue weighted by atomic mass is 32.2. The van der Waals surface area contributed by atoms with Crippen LogP contribution in [-0.2, 0) is 0 Å². The largest absolute Gasteiger partial charge is 0.384 e. The summed E-state index contributed by atoms with van der Waals surface area (Å²) >= 11 is 1.74. The van der Waals surface area contributed by atoms with Crippen molar-refractivity contribution in [2.24, 2.45) is 0 Å². The Morgan fingerprint density at radius 2 is 2.07 bits per heavy atom. The van der Waals surface area contributed by atoms with Crippen LogP contribution in [0.25, 0.3) is 0 Å². The fraction of sp³-hybridized carbons (Fsp3) is 0.700. The van der Waals surface area contributed by atoms with Gasteiger partial charge in [-0.25, -0.2) is 4.68 Å². The van der Waals surface area contributed by atoms with E-state index in [1.165, 1.54) is 0 Å². The van der Waals surface area contributed by atoms with Gasteiger partial charge in [0.1, 0.15) is 10.8 Å². The summed E-state index contributed by atoms with van der Waals surface area (Å²) in [6.07, 6.45) is 2.16. The summed E-state index contributed by atoms with van der Waals surface area (Å²) in [7, 11) is 0. The van der Waals surface area contributed by atoms with Crippen LogP contribution >= 0.6 is 11.8 Å². The molecule has 0 aliphatic heterocycles. The zero-order chi connectivity index (χ0) is 10.6. The topological polar surface area (TPSA) is 43.8 Å². The maximum Gasteiger partial charge on any atom is 0.123 e. The molecule has 0 bridgehead atoms. The first kappa shape index (κ1) is 11.4. The quantitative estimate of drug-likeness (QED) is 0.765. The summed E-state index contributed by atoms with van der Waals surface area (Å²) in [6.45, 7) is 6.46. The molecule has 1 heterocycles. The van der Waals surface area contributed by atoms with E-state index < -0.39 is 0 Å². The highest BCUT2D eigenvalue weighted by Gasteiger charge is 2.11. The molecular formula is C10H19N3S. The molecule has 14 heavy (non-hydrogen) atoms. The highest BCUT2D eigenvalue weighted by Crippen LogP contribution is 2.24. The molecule has 0 aliphatic rings. The summed E-state index contributed by atoms with van der Waals surface area (Å²) in [6, 6.07) is 2.41. The van der Waals surface area contributed by atoms with Crippen LogP contribution in [0.15, 0.2) is 11.1 Å². The SMILES string of the molecule is CCSc1cc(N)n(C(CC)CC)n1. The van der Waals surface area contributed by atoms with Gasteiger partial charge in [-0.05, 0) is 18.6 Å². The van der Waals surface area contributed by atoms with E-state index in [9.17, 15) is 0 Å². The minimum atomic E-state index is 0.446. The standard InChI is InChI=1S/C10H19N3S/c1-4-8(5-2)13-9(11)7-10(12-13)14-6-3/h7-8H,4-6,11H2,1-3H3. The van der Waals surface area contributed by atoms with Gasteiger partial charge in [0.2, 0.25) is 0 Å². The second kappa shape index (κ2) is 5.29. The third kappa shape index (κ3) is 2.44. The number of nitrogen functional groups attached to an aromatic ring is 1. The Balaban J connectivity index is 2.85. The highest BCUT2D eigenvalue weighted by molar-refractivity contribution is 7.99. The molecule has 0 fully saturated rings. The minimum absolute atomic E-state index is 0.446. The molecule has 0 unspecified atom stereocenters. The maximum atomic E-state index is 5.91. The summed E-state index contributed by atoms with van der Waals surface area (Å²) < 4.78 is 1.96. The Morgan fingerprint density at radius 3 is 2.57 bits per heavy atom. The molecule has 0 saturated heterocycles. The molecule has 4 heteroatoms. The number of nitrogens with zero attached hydrogens (tertiary/aromatic N) is 2. The van der Waals surface area contributed by atoms with Crippen LogP contribution in [0.5, 0.6) is 0 Å². The van der Waals surface area contributed by atoms with Gasteiger partial charge in [0.25, 0.3) is 0 Å². The predicted octanol–water partition coefficient (Wildman–Crippen LogP) is 2.94. The van der Waals surface area contributed by atoms with Gasteiger partial charge in [0, 0.05) is 6.07 Å². The van der Waals surface area contributed by atoms with Gasteiger partial charge in [-0.3, -0.25) is 0 Å². The molecule has 3 nitrogen and oxygen atoms in total. The fourth-order valence-corrected chi connectivity index (χ4v) is 2.18. The monoisotopic (exact) mass is 213 g/mol. The first-order chi connectivity index (χ1) is 6.72. The molecule has 2 N–H and O–H groups in total. The van der Waals surface area contributed by atoms with Crippen molar-refractivity contribution in [3.63, 3.8) is 0 Å². The molecule has 0 saturated carbocycles. The van der Waals surface area contributed by atoms with Gasteiger partial charge >= 0.3 is 0 Å². The summed E-state index contributed by atoms with van der Waals surface area (Å²) in [5, 5.41) is 5.53. The van der Waals surface area contributed by atoms with Crippen molar-refractivity contribution in [3.8, 4) is 0 Å². The number of aromatic nitrogens is 2. The van der Waals surface area contributed by atoms with Gasteiger partial charge in [-0.15, -0.1) is 11.8 Å². The zero-order valence-corrected chi connectivity index (χ0v) is 9.97. The summed E-state index contributed by atoms with van der Waals surface area (Å²) in [5.74, 6) is 1.83. The molecule has 0 atom stereocenters. The molecule has 0 amide bonds. The molecular weight excluding hydrogens is 194 g/mol. The summed E-state index contributed by atoms with van der Waals surface area (Å²) in [5.41, 5.74) is 5.91. The van der Waals surface area contributed by atoms with Gasteiger partial charge in [-0.2, -0.15) is 5.10 Å². The van der Waals surface area contributed by atoms with E-state index in [1.54, 1.807) is 11.8 Å². The number of hydrogen-bond donors (Lipinski definition) is 1. The van der Waals surface area contributed by atoms with E-state index in [1.807, 2.05) is 10.7 Å². The third-order valence-electron chi connectivity index (χ3n) is 2.32. The lowest BCUT2D eigenvalue weighted by Gasteiger charge is -2.14. The molecule has 1 rings (SSSR count). The van der Waals surface area contributed by atoms with Crippen LogP contribution in [0.4, 0.5) is 5.82 Å². The van der Waals surface area contributed by atoms with E-state index in [0.717, 1.165) is 29.4 Å². The van der Waals surface area contributed by atoms with Gasteiger partial charge < -0.3 is 5.73 Å². The molecule has 80 valence electrons. The number of rotatable bonds is 5. The van der Waals surface area contributed by atoms with Gasteiger partial charge in [0.15, 0.2) is 0 Å². The lowest BCUT2D eigenvalue weighted by Crippen LogP contribution is -2.11. The van der Waals surface area contributed by atoms with E-state index in [0.29, 0.717) is 6.04 Å². The van der Waals surface area contributed by atoms with E-state index >= 15 is 0 Å². The number of anilines is 1. The van der Waals surface area contributed by atoms with Crippen molar-refractivity contribution >= 4 is 17.6 Å². The molecule has 0 aliphatic carbocycles. The van der Waals surface area contributed by atoms with E-state index in [-0.39, 0.29) is 0 Å². The Hall–Kier alpha value is -0.640. The van der Waals surface area contributed by atoms with Crippen LogP contribution < -0.4 is 5.73 Å². The molecule has 0 spiro atoms. The molecule has 0 aromatic carbocycles. The molecule has 1 aromatic heterocycles. The van der Waals surface area contributed by atoms with Crippen molar-refractivity contribution in [2.45, 2.75) is 44.7 Å². The average molecular weight is 213 g/mol. The minimum Gasteiger partial charge on any atom is -0.384 e. The van der Waals surface area contributed by atoms with Crippen LogP contribution in [0.1, 0.15) is 39.7 Å². The molecule has 1 aromatic rings. The van der Waals surface area contributed by atoms with Crippen LogP contribution in [-0.4, -0.2) is 15.5 Å². The Labute approximate surface area is 90.1 Å². The van der Waals surface area contributed by atoms with Crippen LogP contribution in [0.3, 0.4) is 0 Å². The Morgan fingerprint density at radius 1 is 1.43 bits per heavy atom. The van der Waals surface area contributed by atoms with E-state index in [2.05, 4.69) is 25.9 Å². The zero-order valence-electron chi connectivity index (χ0n) is 9.16. The lowest BCUT2D eigenvalue weighted by molar-refractivity contribution is 0.428. The first-order valence-electron chi connectivity index (χ1n) is 5.20. The van der Waals surface area contributed by atoms with Crippen molar-refractivity contribution < 1.29 is 0 Å². The number of hydrogen-bond acceptors (Lipinski definition) is 3. The Kier molecular flexibility index (Phi) is 4.32. The summed E-state index contributed by atoms with van der Waals surface area (Å²) in [4.78, 5) is 0. The lowest BCUT2D eigenvalue weighted by atomic mass is 10.2. The number of nitrogens with two attached hydrogens (primary N) is 1. The van der Waals surface area contributed by atoms with E-state index in [4.69, 9.17) is 5.73 Å². The second-order valence-corrected chi connectivity index (χ2v) is 4.54. The van der Waals surface area contributed by atoms with Crippen molar-refractivity contribution in [1.82, 2.24) is 9.78 Å². The third-order valence-corrected chi connectivity index (χ3v) is 3.11. The smallest absolute Gasteiger partial charge is 0.123 e. The maximum absolute atomic E-state index is 5.91. The first-order valence-corrected chi connectivity index (χ1v) is 6.19. The number of thioether (sulfide) groups is 1. The second-order valence-electron chi connectivity index (χ2n) is 3.26. The fourth-order valence-electron chi connectivity index (χ4n) is 1.53. The Bertz CT molecular complexity index is 279. The van der Waals surface area contributed by atoms with Crippen LogP contribution in [0, 0.1) is 0 Å². The van der Waals surface area contributed by atoms with Crippen molar-refractivity contribution in [1.29, 1.82) is 0 Å².